The van der Waals surface area contributed by atoms with Crippen molar-refractivity contribution in [1.29, 1.82) is 0 Å². The molecule has 3 aliphatic rings. The van der Waals surface area contributed by atoms with Gasteiger partial charge in [0.25, 0.3) is 0 Å². The monoisotopic (exact) mass is 328 g/mol. The highest BCUT2D eigenvalue weighted by Crippen LogP contribution is 2.49. The van der Waals surface area contributed by atoms with E-state index in [1.165, 1.54) is 36.2 Å². The molecule has 0 spiro atoms. The molecule has 1 aliphatic heterocycles. The Labute approximate surface area is 133 Å². The summed E-state index contributed by atoms with van der Waals surface area (Å²) in [4.78, 5) is 12.4. The molecule has 3 rings (SSSR count). The number of piperidine rings is 1. The fourth-order valence-corrected chi connectivity index (χ4v) is 5.68. The molecule has 1 saturated heterocycles. The molecule has 1 N–H and O–H groups in total. The normalized spacial score (nSPS) is 34.7. The van der Waals surface area contributed by atoms with E-state index in [4.69, 9.17) is 0 Å². The second-order valence-corrected chi connectivity index (χ2v) is 9.55. The van der Waals surface area contributed by atoms with Crippen LogP contribution in [0.3, 0.4) is 0 Å². The van der Waals surface area contributed by atoms with E-state index in [1.54, 1.807) is 0 Å². The number of carbonyl (C=O) groups is 1. The van der Waals surface area contributed by atoms with Gasteiger partial charge in [0.05, 0.1) is 6.26 Å². The number of amides is 1. The lowest BCUT2D eigenvalue weighted by molar-refractivity contribution is -0.127. The first-order valence-electron chi connectivity index (χ1n) is 8.60. The highest BCUT2D eigenvalue weighted by molar-refractivity contribution is 7.88. The van der Waals surface area contributed by atoms with Crippen LogP contribution in [0.2, 0.25) is 0 Å². The molecule has 1 heterocycles. The summed E-state index contributed by atoms with van der Waals surface area (Å²) in [6, 6.07) is 0.260. The lowest BCUT2D eigenvalue weighted by atomic mass is 9.83. The van der Waals surface area contributed by atoms with Gasteiger partial charge in [-0.05, 0) is 56.8 Å². The Kier molecular flexibility index (Phi) is 4.52. The molecular weight excluding hydrogens is 300 g/mol. The highest BCUT2D eigenvalue weighted by Gasteiger charge is 2.42. The number of fused-ring (bicyclic) bond motifs is 2. The van der Waals surface area contributed by atoms with Gasteiger partial charge in [-0.2, -0.15) is 0 Å². The molecule has 2 bridgehead atoms. The summed E-state index contributed by atoms with van der Waals surface area (Å²) >= 11 is 0. The van der Waals surface area contributed by atoms with Crippen molar-refractivity contribution < 1.29 is 13.2 Å². The summed E-state index contributed by atoms with van der Waals surface area (Å²) in [5, 5.41) is 3.22. The van der Waals surface area contributed by atoms with E-state index in [9.17, 15) is 13.2 Å². The molecule has 3 fully saturated rings. The zero-order chi connectivity index (χ0) is 15.9. The zero-order valence-electron chi connectivity index (χ0n) is 13.6. The molecule has 22 heavy (non-hydrogen) atoms. The van der Waals surface area contributed by atoms with Crippen molar-refractivity contribution in [3.63, 3.8) is 0 Å². The van der Waals surface area contributed by atoms with Crippen molar-refractivity contribution in [2.75, 3.05) is 19.3 Å². The van der Waals surface area contributed by atoms with Crippen LogP contribution in [0.4, 0.5) is 0 Å². The third kappa shape index (κ3) is 3.32. The van der Waals surface area contributed by atoms with E-state index in [2.05, 4.69) is 12.2 Å². The Morgan fingerprint density at radius 2 is 1.82 bits per heavy atom. The Balaban J connectivity index is 1.48. The molecule has 6 heteroatoms. The van der Waals surface area contributed by atoms with Crippen molar-refractivity contribution >= 4 is 15.9 Å². The van der Waals surface area contributed by atoms with Crippen LogP contribution >= 0.6 is 0 Å². The van der Waals surface area contributed by atoms with Crippen LogP contribution in [0.5, 0.6) is 0 Å². The van der Waals surface area contributed by atoms with E-state index in [0.717, 1.165) is 11.8 Å². The maximum atomic E-state index is 12.4. The molecular formula is C16H28N2O3S. The molecule has 126 valence electrons. The molecule has 0 aromatic carbocycles. The summed E-state index contributed by atoms with van der Waals surface area (Å²) in [5.41, 5.74) is 0. The minimum atomic E-state index is -3.12. The molecule has 2 aliphatic carbocycles. The molecule has 5 nitrogen and oxygen atoms in total. The largest absolute Gasteiger partial charge is 0.353 e. The fourth-order valence-electron chi connectivity index (χ4n) is 4.81. The van der Waals surface area contributed by atoms with Gasteiger partial charge in [-0.1, -0.05) is 6.42 Å². The maximum Gasteiger partial charge on any atom is 0.223 e. The second-order valence-electron chi connectivity index (χ2n) is 7.57. The summed E-state index contributed by atoms with van der Waals surface area (Å²) in [6.07, 6.45) is 7.87. The number of carbonyl (C=O) groups excluding carboxylic acids is 1. The van der Waals surface area contributed by atoms with Gasteiger partial charge in [-0.3, -0.25) is 4.79 Å². The quantitative estimate of drug-likeness (QED) is 0.852. The van der Waals surface area contributed by atoms with Gasteiger partial charge in [0.15, 0.2) is 0 Å². The van der Waals surface area contributed by atoms with E-state index in [1.807, 2.05) is 0 Å². The van der Waals surface area contributed by atoms with E-state index in [0.29, 0.717) is 31.8 Å². The summed E-state index contributed by atoms with van der Waals surface area (Å²) in [5.74, 6) is 2.46. The van der Waals surface area contributed by atoms with Gasteiger partial charge in [0.2, 0.25) is 15.9 Å². The van der Waals surface area contributed by atoms with Gasteiger partial charge in [-0.25, -0.2) is 12.7 Å². The van der Waals surface area contributed by atoms with Crippen LogP contribution in [0, 0.1) is 23.7 Å². The fraction of sp³-hybridized carbons (Fsp3) is 0.938. The van der Waals surface area contributed by atoms with Gasteiger partial charge in [0, 0.05) is 25.0 Å². The van der Waals surface area contributed by atoms with Crippen molar-refractivity contribution in [3.05, 3.63) is 0 Å². The maximum absolute atomic E-state index is 12.4. The van der Waals surface area contributed by atoms with Crippen LogP contribution in [0.15, 0.2) is 0 Å². The van der Waals surface area contributed by atoms with Gasteiger partial charge >= 0.3 is 0 Å². The Hall–Kier alpha value is -0.620. The van der Waals surface area contributed by atoms with Crippen LogP contribution in [-0.4, -0.2) is 44.0 Å². The minimum absolute atomic E-state index is 0.0287. The summed E-state index contributed by atoms with van der Waals surface area (Å²) < 4.78 is 24.5. The van der Waals surface area contributed by atoms with Gasteiger partial charge in [0.1, 0.15) is 0 Å². The number of nitrogens with one attached hydrogen (secondary N) is 1. The average molecular weight is 328 g/mol. The SMILES string of the molecule is C[C@H](NC(=O)C1CCN(S(C)(=O)=O)CC1)[C@H]1C[C@H]2CC[C@H]1C2. The minimum Gasteiger partial charge on any atom is -0.353 e. The van der Waals surface area contributed by atoms with Crippen molar-refractivity contribution in [2.45, 2.75) is 51.5 Å². The van der Waals surface area contributed by atoms with Gasteiger partial charge in [-0.15, -0.1) is 0 Å². The van der Waals surface area contributed by atoms with Crippen LogP contribution in [0.1, 0.15) is 45.4 Å². The number of nitrogens with zero attached hydrogens (tertiary/aromatic N) is 1. The third-order valence-electron chi connectivity index (χ3n) is 6.10. The van der Waals surface area contributed by atoms with Crippen LogP contribution in [-0.2, 0) is 14.8 Å². The van der Waals surface area contributed by atoms with E-state index >= 15 is 0 Å². The topological polar surface area (TPSA) is 66.5 Å². The first-order valence-corrected chi connectivity index (χ1v) is 10.4. The molecule has 0 radical (unpaired) electrons. The van der Waals surface area contributed by atoms with Crippen LogP contribution < -0.4 is 5.32 Å². The highest BCUT2D eigenvalue weighted by atomic mass is 32.2. The standard InChI is InChI=1S/C16H28N2O3S/c1-11(15-10-12-3-4-14(15)9-12)17-16(19)13-5-7-18(8-6-13)22(2,20)21/h11-15H,3-10H2,1-2H3,(H,17,19)/t11-,12-,14-,15+/m0/s1. The van der Waals surface area contributed by atoms with Crippen LogP contribution in [0.25, 0.3) is 0 Å². The third-order valence-corrected chi connectivity index (χ3v) is 7.40. The van der Waals surface area contributed by atoms with E-state index < -0.39 is 10.0 Å². The number of hydrogen-bond donors (Lipinski definition) is 1. The number of rotatable bonds is 4. The molecule has 0 aromatic heterocycles. The summed E-state index contributed by atoms with van der Waals surface area (Å²) in [7, 11) is -3.12. The zero-order valence-corrected chi connectivity index (χ0v) is 14.4. The first kappa shape index (κ1) is 16.2. The lowest BCUT2D eigenvalue weighted by Crippen LogP contribution is -2.46. The van der Waals surface area contributed by atoms with Crippen molar-refractivity contribution in [2.24, 2.45) is 23.7 Å². The molecule has 0 unspecified atom stereocenters. The van der Waals surface area contributed by atoms with Gasteiger partial charge < -0.3 is 5.32 Å². The van der Waals surface area contributed by atoms with Crippen molar-refractivity contribution in [3.8, 4) is 0 Å². The van der Waals surface area contributed by atoms with E-state index in [-0.39, 0.29) is 17.9 Å². The average Bonchev–Trinajstić information content (AvgIpc) is 3.09. The molecule has 1 amide bonds. The first-order chi connectivity index (χ1) is 10.3. The lowest BCUT2D eigenvalue weighted by Gasteiger charge is -2.32. The predicted molar refractivity (Wildman–Crippen MR) is 85.7 cm³/mol. The number of sulfonamides is 1. The predicted octanol–water partition coefficient (Wildman–Crippen LogP) is 1.60. The summed E-state index contributed by atoms with van der Waals surface area (Å²) in [6.45, 7) is 3.09. The number of hydrogen-bond acceptors (Lipinski definition) is 3. The second kappa shape index (κ2) is 6.11. The van der Waals surface area contributed by atoms with Crippen molar-refractivity contribution in [1.82, 2.24) is 9.62 Å². The molecule has 4 atom stereocenters. The Bertz CT molecular complexity index is 526. The molecule has 2 saturated carbocycles. The smallest absolute Gasteiger partial charge is 0.223 e. The Morgan fingerprint density at radius 1 is 1.14 bits per heavy atom. The Morgan fingerprint density at radius 3 is 2.32 bits per heavy atom. The molecule has 0 aromatic rings.